The van der Waals surface area contributed by atoms with Gasteiger partial charge in [-0.3, -0.25) is 9.59 Å². The van der Waals surface area contributed by atoms with Gasteiger partial charge in [0.15, 0.2) is 5.78 Å². The number of rotatable bonds is 2. The van der Waals surface area contributed by atoms with Crippen molar-refractivity contribution in [2.75, 3.05) is 0 Å². The van der Waals surface area contributed by atoms with Gasteiger partial charge in [-0.25, -0.2) is 4.99 Å². The van der Waals surface area contributed by atoms with Crippen LogP contribution in [-0.2, 0) is 9.59 Å². The zero-order valence-electron chi connectivity index (χ0n) is 10.5. The zero-order chi connectivity index (χ0) is 12.8. The number of hydrogen-bond donors (Lipinski definition) is 0. The molecule has 0 fully saturated rings. The van der Waals surface area contributed by atoms with Crippen LogP contribution in [0.1, 0.15) is 39.5 Å². The fraction of sp³-hybridized carbons (Fsp3) is 0.500. The summed E-state index contributed by atoms with van der Waals surface area (Å²) in [7, 11) is 0. The van der Waals surface area contributed by atoms with Crippen molar-refractivity contribution < 1.29 is 9.59 Å². The normalized spacial score (nSPS) is 23.1. The van der Waals surface area contributed by atoms with E-state index in [0.29, 0.717) is 18.4 Å². The number of carbonyl (C=O) groups is 2. The molecule has 0 N–H and O–H groups in total. The first-order valence-corrected chi connectivity index (χ1v) is 6.06. The molecule has 0 aromatic heterocycles. The van der Waals surface area contributed by atoms with Crippen LogP contribution in [0.3, 0.4) is 0 Å². The summed E-state index contributed by atoms with van der Waals surface area (Å²) in [6.07, 6.45) is 5.86. The van der Waals surface area contributed by atoms with Crippen LogP contribution in [0.5, 0.6) is 0 Å². The summed E-state index contributed by atoms with van der Waals surface area (Å²) in [4.78, 5) is 27.1. The Balaban J connectivity index is 2.85. The molecular weight excluding hydrogens is 214 g/mol. The van der Waals surface area contributed by atoms with Gasteiger partial charge in [0.05, 0.1) is 5.71 Å². The van der Waals surface area contributed by atoms with Gasteiger partial charge in [-0.2, -0.15) is 0 Å². The second kappa shape index (κ2) is 6.28. The summed E-state index contributed by atoms with van der Waals surface area (Å²) >= 11 is 0. The lowest BCUT2D eigenvalue weighted by atomic mass is 9.99. The number of hydrogen-bond acceptors (Lipinski definition) is 2. The van der Waals surface area contributed by atoms with Crippen LogP contribution in [-0.4, -0.2) is 17.4 Å². The topological polar surface area (TPSA) is 46.5 Å². The van der Waals surface area contributed by atoms with Gasteiger partial charge in [0.1, 0.15) is 0 Å². The standard InChI is InChI=1S/C14H19NO2/c1-4-10(2)14(17)15-13-7-5-6-12(16)9-8-11(13)3/h8-10H,3-7H2,1-2H3/b9-8-,15-13?. The summed E-state index contributed by atoms with van der Waals surface area (Å²) in [6.45, 7) is 7.69. The van der Waals surface area contributed by atoms with Crippen LogP contribution in [0.2, 0.25) is 0 Å². The Labute approximate surface area is 102 Å². The zero-order valence-corrected chi connectivity index (χ0v) is 10.5. The van der Waals surface area contributed by atoms with E-state index < -0.39 is 0 Å². The number of ketones is 1. The van der Waals surface area contributed by atoms with Crippen molar-refractivity contribution in [3.8, 4) is 0 Å². The maximum Gasteiger partial charge on any atom is 0.248 e. The van der Waals surface area contributed by atoms with E-state index >= 15 is 0 Å². The predicted octanol–water partition coefficient (Wildman–Crippen LogP) is 2.87. The fourth-order valence-electron chi connectivity index (χ4n) is 1.51. The second-order valence-corrected chi connectivity index (χ2v) is 4.38. The first-order valence-electron chi connectivity index (χ1n) is 6.06. The van der Waals surface area contributed by atoms with Gasteiger partial charge >= 0.3 is 0 Å². The molecule has 1 unspecified atom stereocenters. The third kappa shape index (κ3) is 4.10. The molecule has 0 saturated carbocycles. The van der Waals surface area contributed by atoms with Crippen LogP contribution < -0.4 is 0 Å². The Morgan fingerprint density at radius 3 is 2.82 bits per heavy atom. The molecule has 0 aromatic carbocycles. The van der Waals surface area contributed by atoms with Crippen molar-refractivity contribution in [1.82, 2.24) is 0 Å². The van der Waals surface area contributed by atoms with Gasteiger partial charge in [-0.05, 0) is 30.9 Å². The van der Waals surface area contributed by atoms with Gasteiger partial charge in [0.2, 0.25) is 5.91 Å². The second-order valence-electron chi connectivity index (χ2n) is 4.38. The summed E-state index contributed by atoms with van der Waals surface area (Å²) in [5, 5.41) is 0. The van der Waals surface area contributed by atoms with Crippen LogP contribution in [0.15, 0.2) is 29.3 Å². The lowest BCUT2D eigenvalue weighted by Gasteiger charge is -2.10. The Hall–Kier alpha value is -1.51. The molecule has 1 aliphatic rings. The van der Waals surface area contributed by atoms with Gasteiger partial charge in [-0.1, -0.05) is 26.5 Å². The minimum atomic E-state index is -0.0936. The molecule has 1 amide bonds. The summed E-state index contributed by atoms with van der Waals surface area (Å²) in [6, 6.07) is 0. The summed E-state index contributed by atoms with van der Waals surface area (Å²) in [5.74, 6) is -0.0336. The van der Waals surface area contributed by atoms with E-state index in [-0.39, 0.29) is 17.6 Å². The van der Waals surface area contributed by atoms with Crippen LogP contribution in [0.4, 0.5) is 0 Å². The van der Waals surface area contributed by atoms with Crippen molar-refractivity contribution in [1.29, 1.82) is 0 Å². The monoisotopic (exact) mass is 233 g/mol. The van der Waals surface area contributed by atoms with E-state index in [2.05, 4.69) is 11.6 Å². The highest BCUT2D eigenvalue weighted by atomic mass is 16.1. The van der Waals surface area contributed by atoms with Crippen molar-refractivity contribution in [3.05, 3.63) is 24.3 Å². The van der Waals surface area contributed by atoms with Crippen LogP contribution >= 0.6 is 0 Å². The Morgan fingerprint density at radius 1 is 1.47 bits per heavy atom. The fourth-order valence-corrected chi connectivity index (χ4v) is 1.51. The minimum absolute atomic E-state index is 0.0497. The number of nitrogens with zero attached hydrogens (tertiary/aromatic N) is 1. The van der Waals surface area contributed by atoms with Crippen molar-refractivity contribution in [2.45, 2.75) is 39.5 Å². The first kappa shape index (κ1) is 13.6. The average Bonchev–Trinajstić information content (AvgIpc) is 2.31. The summed E-state index contributed by atoms with van der Waals surface area (Å²) in [5.41, 5.74) is 1.40. The number of allylic oxidation sites excluding steroid dienone is 3. The number of carbonyl (C=O) groups excluding carboxylic acids is 2. The number of amides is 1. The molecule has 0 radical (unpaired) electrons. The largest absolute Gasteiger partial charge is 0.295 e. The molecule has 0 aliphatic heterocycles. The molecular formula is C14H19NO2. The highest BCUT2D eigenvalue weighted by Crippen LogP contribution is 2.13. The Bertz CT molecular complexity index is 391. The van der Waals surface area contributed by atoms with E-state index in [1.54, 1.807) is 6.08 Å². The van der Waals surface area contributed by atoms with E-state index in [9.17, 15) is 9.59 Å². The predicted molar refractivity (Wildman–Crippen MR) is 69.0 cm³/mol. The molecule has 0 saturated heterocycles. The van der Waals surface area contributed by atoms with Crippen LogP contribution in [0.25, 0.3) is 0 Å². The molecule has 3 nitrogen and oxygen atoms in total. The molecule has 92 valence electrons. The molecule has 1 rings (SSSR count). The smallest absolute Gasteiger partial charge is 0.248 e. The molecule has 0 bridgehead atoms. The SMILES string of the molecule is C=C1/C=C\C(=O)CCCC1=NC(=O)C(C)CC. The van der Waals surface area contributed by atoms with E-state index in [0.717, 1.165) is 18.6 Å². The summed E-state index contributed by atoms with van der Waals surface area (Å²) < 4.78 is 0. The maximum atomic E-state index is 11.7. The van der Waals surface area contributed by atoms with E-state index in [1.165, 1.54) is 6.08 Å². The maximum absolute atomic E-state index is 11.7. The molecule has 1 aliphatic carbocycles. The molecule has 0 heterocycles. The van der Waals surface area contributed by atoms with E-state index in [1.807, 2.05) is 13.8 Å². The highest BCUT2D eigenvalue weighted by molar-refractivity contribution is 6.09. The average molecular weight is 233 g/mol. The van der Waals surface area contributed by atoms with Crippen molar-refractivity contribution in [2.24, 2.45) is 10.9 Å². The quantitative estimate of drug-likeness (QED) is 0.736. The molecule has 17 heavy (non-hydrogen) atoms. The molecule has 0 spiro atoms. The lowest BCUT2D eigenvalue weighted by Crippen LogP contribution is -2.13. The Kier molecular flexibility index (Phi) is 5.01. The highest BCUT2D eigenvalue weighted by Gasteiger charge is 2.13. The molecule has 1 atom stereocenters. The van der Waals surface area contributed by atoms with Crippen molar-refractivity contribution in [3.63, 3.8) is 0 Å². The third-order valence-electron chi connectivity index (χ3n) is 2.96. The molecule has 3 heteroatoms. The van der Waals surface area contributed by atoms with Crippen molar-refractivity contribution >= 4 is 17.4 Å². The lowest BCUT2D eigenvalue weighted by molar-refractivity contribution is -0.121. The van der Waals surface area contributed by atoms with Crippen LogP contribution in [0, 0.1) is 5.92 Å². The van der Waals surface area contributed by atoms with Gasteiger partial charge in [0, 0.05) is 12.3 Å². The van der Waals surface area contributed by atoms with E-state index in [4.69, 9.17) is 0 Å². The Morgan fingerprint density at radius 2 is 2.18 bits per heavy atom. The minimum Gasteiger partial charge on any atom is -0.295 e. The van der Waals surface area contributed by atoms with Gasteiger partial charge in [-0.15, -0.1) is 0 Å². The third-order valence-corrected chi connectivity index (χ3v) is 2.96. The van der Waals surface area contributed by atoms with Gasteiger partial charge in [0.25, 0.3) is 0 Å². The first-order chi connectivity index (χ1) is 8.04. The molecule has 0 aromatic rings. The number of aliphatic imine (C=N–C) groups is 1. The van der Waals surface area contributed by atoms with Gasteiger partial charge < -0.3 is 0 Å².